The van der Waals surface area contributed by atoms with Crippen molar-refractivity contribution < 1.29 is 18.0 Å². The third kappa shape index (κ3) is 4.53. The number of aromatic nitrogens is 4. The molecule has 31 heavy (non-hydrogen) atoms. The van der Waals surface area contributed by atoms with Gasteiger partial charge in [-0.2, -0.15) is 18.3 Å². The molecular formula is C20H20ClF3N6O. The summed E-state index contributed by atoms with van der Waals surface area (Å²) in [5.41, 5.74) is 0.473. The maximum atomic E-state index is 13.8. The number of halogens is 4. The number of hydrogen-bond donors (Lipinski definition) is 2. The lowest BCUT2D eigenvalue weighted by molar-refractivity contribution is -0.173. The monoisotopic (exact) mass is 452 g/mol. The van der Waals surface area contributed by atoms with Crippen LogP contribution < -0.4 is 10.6 Å². The Morgan fingerprint density at radius 1 is 1.29 bits per heavy atom. The average molecular weight is 453 g/mol. The van der Waals surface area contributed by atoms with Crippen LogP contribution in [0.3, 0.4) is 0 Å². The molecule has 11 heteroatoms. The van der Waals surface area contributed by atoms with E-state index in [0.29, 0.717) is 25.1 Å². The van der Waals surface area contributed by atoms with Crippen molar-refractivity contribution in [2.45, 2.75) is 37.6 Å². The number of imidazole rings is 1. The zero-order valence-corrected chi connectivity index (χ0v) is 17.1. The van der Waals surface area contributed by atoms with Gasteiger partial charge in [0.1, 0.15) is 10.8 Å². The summed E-state index contributed by atoms with van der Waals surface area (Å²) < 4.78 is 44.0. The lowest BCUT2D eigenvalue weighted by Gasteiger charge is -2.33. The highest BCUT2D eigenvalue weighted by atomic mass is 35.5. The minimum Gasteiger partial charge on any atom is -0.362 e. The van der Waals surface area contributed by atoms with Gasteiger partial charge < -0.3 is 15.2 Å². The molecule has 0 saturated carbocycles. The molecule has 0 saturated heterocycles. The molecule has 0 bridgehead atoms. The number of alkyl halides is 3. The highest BCUT2D eigenvalue weighted by molar-refractivity contribution is 6.36. The van der Waals surface area contributed by atoms with E-state index in [1.165, 1.54) is 0 Å². The third-order valence-electron chi connectivity index (χ3n) is 5.15. The zero-order valence-electron chi connectivity index (χ0n) is 16.3. The second-order valence-electron chi connectivity index (χ2n) is 7.27. The minimum atomic E-state index is -4.54. The van der Waals surface area contributed by atoms with Crippen molar-refractivity contribution in [1.82, 2.24) is 24.6 Å². The third-order valence-corrected chi connectivity index (χ3v) is 5.51. The maximum Gasteiger partial charge on any atom is 0.410 e. The van der Waals surface area contributed by atoms with Crippen LogP contribution in [0.25, 0.3) is 0 Å². The molecule has 1 aliphatic heterocycles. The number of nitrogens with zero attached hydrogens (tertiary/aromatic N) is 4. The first-order chi connectivity index (χ1) is 14.8. The Hall–Kier alpha value is -3.01. The first-order valence-corrected chi connectivity index (χ1v) is 10.1. The van der Waals surface area contributed by atoms with Gasteiger partial charge in [0.05, 0.1) is 12.4 Å². The van der Waals surface area contributed by atoms with Crippen molar-refractivity contribution in [2.24, 2.45) is 0 Å². The number of carbonyl (C=O) groups excluding carboxylic acids is 1. The molecule has 1 amide bonds. The van der Waals surface area contributed by atoms with E-state index in [0.717, 1.165) is 4.68 Å². The van der Waals surface area contributed by atoms with Gasteiger partial charge in [-0.3, -0.25) is 4.79 Å². The lowest BCUT2D eigenvalue weighted by atomic mass is 9.97. The largest absolute Gasteiger partial charge is 0.410 e. The molecule has 3 heterocycles. The van der Waals surface area contributed by atoms with Gasteiger partial charge in [0.15, 0.2) is 11.7 Å². The van der Waals surface area contributed by atoms with Gasteiger partial charge in [-0.25, -0.2) is 9.67 Å². The summed E-state index contributed by atoms with van der Waals surface area (Å²) in [5.74, 6) is -0.621. The number of hydrogen-bond acceptors (Lipinski definition) is 4. The van der Waals surface area contributed by atoms with E-state index in [9.17, 15) is 18.0 Å². The minimum absolute atomic E-state index is 0.00680. The van der Waals surface area contributed by atoms with Crippen molar-refractivity contribution in [1.29, 1.82) is 0 Å². The van der Waals surface area contributed by atoms with E-state index in [1.807, 2.05) is 4.57 Å². The fourth-order valence-corrected chi connectivity index (χ4v) is 3.87. The van der Waals surface area contributed by atoms with Crippen molar-refractivity contribution in [3.05, 3.63) is 65.3 Å². The lowest BCUT2D eigenvalue weighted by Crippen LogP contribution is -2.36. The fraction of sp³-hybridized carbons (Fsp3) is 0.350. The number of aryl methyl sites for hydroxylation is 1. The first kappa shape index (κ1) is 21.2. The summed E-state index contributed by atoms with van der Waals surface area (Å²) >= 11 is 6.31. The van der Waals surface area contributed by atoms with E-state index in [2.05, 4.69) is 20.7 Å². The van der Waals surface area contributed by atoms with E-state index in [4.69, 9.17) is 11.6 Å². The number of amides is 1. The van der Waals surface area contributed by atoms with Crippen LogP contribution >= 0.6 is 11.6 Å². The number of fused-ring (bicyclic) bond motifs is 1. The summed E-state index contributed by atoms with van der Waals surface area (Å²) in [6.07, 6.45) is 0.929. The van der Waals surface area contributed by atoms with Crippen LogP contribution in [0.1, 0.15) is 41.0 Å². The maximum absolute atomic E-state index is 13.8. The summed E-state index contributed by atoms with van der Waals surface area (Å²) in [7, 11) is 0. The van der Waals surface area contributed by atoms with Gasteiger partial charge >= 0.3 is 6.18 Å². The van der Waals surface area contributed by atoms with E-state index < -0.39 is 24.2 Å². The molecule has 2 aromatic heterocycles. The number of carbonyl (C=O) groups is 1. The van der Waals surface area contributed by atoms with Crippen LogP contribution in [0.15, 0.2) is 49.1 Å². The Kier molecular flexibility index (Phi) is 5.90. The molecule has 0 radical (unpaired) electrons. The highest BCUT2D eigenvalue weighted by Crippen LogP contribution is 2.46. The molecule has 3 aromatic rings. The van der Waals surface area contributed by atoms with Gasteiger partial charge in [0.25, 0.3) is 5.91 Å². The Bertz CT molecular complexity index is 1040. The molecule has 2 unspecified atom stereocenters. The Morgan fingerprint density at radius 2 is 2.06 bits per heavy atom. The molecule has 2 atom stereocenters. The van der Waals surface area contributed by atoms with E-state index in [1.54, 1.807) is 49.1 Å². The van der Waals surface area contributed by atoms with Crippen LogP contribution in [0.4, 0.5) is 19.0 Å². The number of nitrogens with one attached hydrogen (secondary N) is 2. The van der Waals surface area contributed by atoms with Crippen LogP contribution in [-0.2, 0) is 6.54 Å². The molecular weight excluding hydrogens is 433 g/mol. The van der Waals surface area contributed by atoms with Gasteiger partial charge in [-0.1, -0.05) is 41.9 Å². The normalized spacial score (nSPS) is 18.3. The summed E-state index contributed by atoms with van der Waals surface area (Å²) in [6, 6.07) is 6.30. The molecule has 0 spiro atoms. The van der Waals surface area contributed by atoms with Gasteiger partial charge in [0, 0.05) is 31.9 Å². The molecule has 0 fully saturated rings. The summed E-state index contributed by atoms with van der Waals surface area (Å²) in [4.78, 5) is 16.5. The number of benzene rings is 1. The van der Waals surface area contributed by atoms with Crippen LogP contribution in [0.2, 0.25) is 5.02 Å². The molecule has 1 aromatic carbocycles. The predicted octanol–water partition coefficient (Wildman–Crippen LogP) is 4.21. The molecule has 1 aliphatic rings. The Labute approximate surface area is 181 Å². The quantitative estimate of drug-likeness (QED) is 0.549. The van der Waals surface area contributed by atoms with Crippen LogP contribution in [0, 0.1) is 0 Å². The molecule has 2 N–H and O–H groups in total. The summed E-state index contributed by atoms with van der Waals surface area (Å²) in [5, 5.41) is 9.50. The van der Waals surface area contributed by atoms with Crippen LogP contribution in [0.5, 0.6) is 0 Å². The standard InChI is InChI=1S/C20H20ClF3N6O/c21-16-17(19(31)26-7-4-9-29-10-8-25-12-29)28-30-15(20(22,23)24)11-14(27-18(16)30)13-5-2-1-3-6-13/h1-3,5-6,8,10,12,14-15,27H,4,7,9,11H2,(H,26,31). The van der Waals surface area contributed by atoms with Crippen molar-refractivity contribution in [3.8, 4) is 0 Å². The van der Waals surface area contributed by atoms with Crippen molar-refractivity contribution in [2.75, 3.05) is 11.9 Å². The first-order valence-electron chi connectivity index (χ1n) is 9.74. The second-order valence-corrected chi connectivity index (χ2v) is 7.64. The molecule has 0 aliphatic carbocycles. The smallest absolute Gasteiger partial charge is 0.362 e. The van der Waals surface area contributed by atoms with Gasteiger partial charge in [-0.05, 0) is 12.0 Å². The van der Waals surface area contributed by atoms with Gasteiger partial charge in [-0.15, -0.1) is 0 Å². The Balaban J connectivity index is 1.53. The second kappa shape index (κ2) is 8.62. The zero-order chi connectivity index (χ0) is 22.0. The molecule has 4 rings (SSSR count). The average Bonchev–Trinajstić information content (AvgIpc) is 3.38. The Morgan fingerprint density at radius 3 is 2.74 bits per heavy atom. The fourth-order valence-electron chi connectivity index (χ4n) is 3.60. The number of anilines is 1. The van der Waals surface area contributed by atoms with Crippen molar-refractivity contribution in [3.63, 3.8) is 0 Å². The highest BCUT2D eigenvalue weighted by Gasteiger charge is 2.47. The summed E-state index contributed by atoms with van der Waals surface area (Å²) in [6.45, 7) is 0.961. The number of rotatable bonds is 6. The SMILES string of the molecule is O=C(NCCCn1ccnc1)c1nn2c(c1Cl)NC(c1ccccc1)CC2C(F)(F)F. The molecule has 164 valence electrons. The molecule has 7 nitrogen and oxygen atoms in total. The predicted molar refractivity (Wildman–Crippen MR) is 109 cm³/mol. The van der Waals surface area contributed by atoms with E-state index >= 15 is 0 Å². The van der Waals surface area contributed by atoms with Gasteiger partial charge in [0.2, 0.25) is 0 Å². The van der Waals surface area contributed by atoms with E-state index in [-0.39, 0.29) is 23.0 Å². The van der Waals surface area contributed by atoms with Crippen molar-refractivity contribution >= 4 is 23.3 Å². The van der Waals surface area contributed by atoms with Crippen LogP contribution in [-0.4, -0.2) is 38.0 Å². The topological polar surface area (TPSA) is 76.8 Å².